The minimum atomic E-state index is -0.376. The number of carbonyl (C=O) groups is 1. The number of para-hydroxylation sites is 2. The topological polar surface area (TPSA) is 63.5 Å². The van der Waals surface area contributed by atoms with E-state index in [9.17, 15) is 9.18 Å². The van der Waals surface area contributed by atoms with Gasteiger partial charge in [0.1, 0.15) is 17.3 Å². The lowest BCUT2D eigenvalue weighted by Crippen LogP contribution is -2.31. The summed E-state index contributed by atoms with van der Waals surface area (Å²) in [6, 6.07) is 16.4. The average Bonchev–Trinajstić information content (AvgIpc) is 3.16. The summed E-state index contributed by atoms with van der Waals surface area (Å²) in [6.45, 7) is 1.91. The number of amides is 1. The zero-order valence-electron chi connectivity index (χ0n) is 14.2. The molecular formula is C20H19FN2O3. The number of halogens is 1. The van der Waals surface area contributed by atoms with Crippen LogP contribution in [0.2, 0.25) is 0 Å². The number of anilines is 1. The summed E-state index contributed by atoms with van der Waals surface area (Å²) in [6.07, 6.45) is 1.57. The molecule has 0 aliphatic carbocycles. The van der Waals surface area contributed by atoms with Crippen LogP contribution in [0.25, 0.3) is 0 Å². The molecule has 2 N–H and O–H groups in total. The van der Waals surface area contributed by atoms with Crippen LogP contribution >= 0.6 is 0 Å². The predicted octanol–water partition coefficient (Wildman–Crippen LogP) is 4.50. The summed E-state index contributed by atoms with van der Waals surface area (Å²) in [4.78, 5) is 12.1. The monoisotopic (exact) mass is 354 g/mol. The van der Waals surface area contributed by atoms with Crippen molar-refractivity contribution in [3.8, 4) is 11.5 Å². The highest BCUT2D eigenvalue weighted by Gasteiger charge is 2.12. The second kappa shape index (κ2) is 8.20. The Balaban J connectivity index is 1.60. The van der Waals surface area contributed by atoms with Gasteiger partial charge in [0.05, 0.1) is 24.5 Å². The molecular weight excluding hydrogens is 335 g/mol. The summed E-state index contributed by atoms with van der Waals surface area (Å²) >= 11 is 0. The minimum Gasteiger partial charge on any atom is -0.467 e. The van der Waals surface area contributed by atoms with Crippen LogP contribution < -0.4 is 15.4 Å². The van der Waals surface area contributed by atoms with Crippen LogP contribution in [0.15, 0.2) is 71.3 Å². The highest BCUT2D eigenvalue weighted by atomic mass is 19.1. The van der Waals surface area contributed by atoms with Crippen LogP contribution in [-0.4, -0.2) is 12.5 Å². The van der Waals surface area contributed by atoms with Crippen molar-refractivity contribution in [1.29, 1.82) is 0 Å². The van der Waals surface area contributed by atoms with Crippen LogP contribution in [0.1, 0.15) is 18.7 Å². The van der Waals surface area contributed by atoms with Gasteiger partial charge in [0.25, 0.3) is 0 Å². The standard InChI is InChI=1S/C20H19FN2O3/c1-14(18-10-5-11-25-18)23-20(24)13-22-17-8-2-3-9-19(17)26-16-7-4-6-15(21)12-16/h2-12,14,22H,13H2,1H3,(H,23,24). The fourth-order valence-electron chi connectivity index (χ4n) is 2.44. The molecule has 0 fully saturated rings. The van der Waals surface area contributed by atoms with Crippen molar-refractivity contribution < 1.29 is 18.3 Å². The van der Waals surface area contributed by atoms with E-state index in [0.717, 1.165) is 0 Å². The molecule has 0 bridgehead atoms. The third-order valence-corrected chi connectivity index (χ3v) is 3.70. The smallest absolute Gasteiger partial charge is 0.239 e. The summed E-state index contributed by atoms with van der Waals surface area (Å²) in [7, 11) is 0. The first-order valence-corrected chi connectivity index (χ1v) is 8.21. The zero-order valence-corrected chi connectivity index (χ0v) is 14.2. The van der Waals surface area contributed by atoms with E-state index in [1.54, 1.807) is 48.7 Å². The molecule has 0 radical (unpaired) electrons. The summed E-state index contributed by atoms with van der Waals surface area (Å²) in [5.41, 5.74) is 0.637. The molecule has 0 saturated heterocycles. The van der Waals surface area contributed by atoms with Crippen molar-refractivity contribution in [3.05, 3.63) is 78.5 Å². The number of ether oxygens (including phenoxy) is 1. The van der Waals surface area contributed by atoms with E-state index in [1.807, 2.05) is 13.0 Å². The van der Waals surface area contributed by atoms with Gasteiger partial charge >= 0.3 is 0 Å². The van der Waals surface area contributed by atoms with Crippen LogP contribution in [0, 0.1) is 5.82 Å². The van der Waals surface area contributed by atoms with E-state index < -0.39 is 0 Å². The summed E-state index contributed by atoms with van der Waals surface area (Å²) in [5, 5.41) is 5.88. The Kier molecular flexibility index (Phi) is 5.53. The molecule has 26 heavy (non-hydrogen) atoms. The predicted molar refractivity (Wildman–Crippen MR) is 96.7 cm³/mol. The van der Waals surface area contributed by atoms with Crippen molar-refractivity contribution in [1.82, 2.24) is 5.32 Å². The van der Waals surface area contributed by atoms with Gasteiger partial charge in [0.2, 0.25) is 5.91 Å². The molecule has 1 aromatic heterocycles. The van der Waals surface area contributed by atoms with Crippen LogP contribution in [0.4, 0.5) is 10.1 Å². The molecule has 3 rings (SSSR count). The van der Waals surface area contributed by atoms with Crippen molar-refractivity contribution in [3.63, 3.8) is 0 Å². The van der Waals surface area contributed by atoms with Crippen LogP contribution in [0.5, 0.6) is 11.5 Å². The fraction of sp³-hybridized carbons (Fsp3) is 0.150. The van der Waals surface area contributed by atoms with Crippen molar-refractivity contribution in [2.24, 2.45) is 0 Å². The number of hydrogen-bond acceptors (Lipinski definition) is 4. The highest BCUT2D eigenvalue weighted by molar-refractivity contribution is 5.81. The van der Waals surface area contributed by atoms with Gasteiger partial charge < -0.3 is 19.8 Å². The van der Waals surface area contributed by atoms with E-state index in [-0.39, 0.29) is 24.3 Å². The van der Waals surface area contributed by atoms with E-state index in [2.05, 4.69) is 10.6 Å². The van der Waals surface area contributed by atoms with Gasteiger partial charge in [-0.05, 0) is 43.3 Å². The third-order valence-electron chi connectivity index (χ3n) is 3.70. The number of carbonyl (C=O) groups excluding carboxylic acids is 1. The highest BCUT2D eigenvalue weighted by Crippen LogP contribution is 2.29. The summed E-state index contributed by atoms with van der Waals surface area (Å²) < 4.78 is 24.3. The SMILES string of the molecule is CC(NC(=O)CNc1ccccc1Oc1cccc(F)c1)c1ccco1. The summed E-state index contributed by atoms with van der Waals surface area (Å²) in [5.74, 6) is 1.02. The van der Waals surface area contributed by atoms with Gasteiger partial charge in [0.15, 0.2) is 5.75 Å². The first kappa shape index (κ1) is 17.5. The number of rotatable bonds is 7. The van der Waals surface area contributed by atoms with Crippen LogP contribution in [-0.2, 0) is 4.79 Å². The Bertz CT molecular complexity index is 865. The van der Waals surface area contributed by atoms with Crippen LogP contribution in [0.3, 0.4) is 0 Å². The lowest BCUT2D eigenvalue weighted by molar-refractivity contribution is -0.120. The molecule has 0 aliphatic heterocycles. The van der Waals surface area contributed by atoms with E-state index in [1.165, 1.54) is 12.1 Å². The first-order valence-electron chi connectivity index (χ1n) is 8.21. The molecule has 1 atom stereocenters. The molecule has 2 aromatic carbocycles. The maximum Gasteiger partial charge on any atom is 0.239 e. The number of benzene rings is 2. The van der Waals surface area contributed by atoms with Gasteiger partial charge in [-0.15, -0.1) is 0 Å². The Morgan fingerprint density at radius 3 is 2.77 bits per heavy atom. The molecule has 1 amide bonds. The molecule has 0 aliphatic rings. The van der Waals surface area contributed by atoms with Crippen molar-refractivity contribution >= 4 is 11.6 Å². The van der Waals surface area contributed by atoms with Gasteiger partial charge in [-0.1, -0.05) is 18.2 Å². The molecule has 0 saturated carbocycles. The zero-order chi connectivity index (χ0) is 18.4. The largest absolute Gasteiger partial charge is 0.467 e. The molecule has 0 spiro atoms. The fourth-order valence-corrected chi connectivity index (χ4v) is 2.44. The lowest BCUT2D eigenvalue weighted by Gasteiger charge is -2.15. The van der Waals surface area contributed by atoms with E-state index >= 15 is 0 Å². The third kappa shape index (κ3) is 4.63. The van der Waals surface area contributed by atoms with Gasteiger partial charge in [-0.25, -0.2) is 4.39 Å². The number of hydrogen-bond donors (Lipinski definition) is 2. The van der Waals surface area contributed by atoms with E-state index in [0.29, 0.717) is 22.9 Å². The molecule has 3 aromatic rings. The second-order valence-electron chi connectivity index (χ2n) is 5.71. The van der Waals surface area contributed by atoms with E-state index in [4.69, 9.17) is 9.15 Å². The number of furan rings is 1. The molecule has 1 heterocycles. The molecule has 6 heteroatoms. The minimum absolute atomic E-state index is 0.0641. The second-order valence-corrected chi connectivity index (χ2v) is 5.71. The van der Waals surface area contributed by atoms with Crippen molar-refractivity contribution in [2.45, 2.75) is 13.0 Å². The first-order chi connectivity index (χ1) is 12.6. The van der Waals surface area contributed by atoms with Gasteiger partial charge in [-0.2, -0.15) is 0 Å². The Morgan fingerprint density at radius 2 is 2.00 bits per heavy atom. The molecule has 5 nitrogen and oxygen atoms in total. The molecule has 134 valence electrons. The number of nitrogens with one attached hydrogen (secondary N) is 2. The van der Waals surface area contributed by atoms with Crippen molar-refractivity contribution in [2.75, 3.05) is 11.9 Å². The average molecular weight is 354 g/mol. The molecule has 1 unspecified atom stereocenters. The van der Waals surface area contributed by atoms with Gasteiger partial charge in [0, 0.05) is 6.07 Å². The lowest BCUT2D eigenvalue weighted by atomic mass is 10.2. The maximum absolute atomic E-state index is 13.3. The Morgan fingerprint density at radius 1 is 1.15 bits per heavy atom. The van der Waals surface area contributed by atoms with Gasteiger partial charge in [-0.3, -0.25) is 4.79 Å². The Labute approximate surface area is 150 Å². The quantitative estimate of drug-likeness (QED) is 0.656. The Hall–Kier alpha value is -3.28. The maximum atomic E-state index is 13.3. The normalized spacial score (nSPS) is 11.6.